The summed E-state index contributed by atoms with van der Waals surface area (Å²) in [6, 6.07) is -1.77. The Bertz CT molecular complexity index is 843. The lowest BCUT2D eigenvalue weighted by molar-refractivity contribution is -0.139. The molecule has 1 aliphatic rings. The van der Waals surface area contributed by atoms with E-state index >= 15 is 0 Å². The average Bonchev–Trinajstić information content (AvgIpc) is 3.12. The van der Waals surface area contributed by atoms with Crippen LogP contribution in [0.5, 0.6) is 0 Å². The molecule has 0 aromatic carbocycles. The van der Waals surface area contributed by atoms with Crippen LogP contribution in [0.1, 0.15) is 46.0 Å². The van der Waals surface area contributed by atoms with Gasteiger partial charge in [0.2, 0.25) is 35.4 Å². The number of nitrogens with one attached hydrogen (secondary N) is 5. The van der Waals surface area contributed by atoms with Crippen molar-refractivity contribution in [2.75, 3.05) is 39.0 Å². The maximum absolute atomic E-state index is 12.8. The van der Waals surface area contributed by atoms with Gasteiger partial charge in [-0.05, 0) is 39.8 Å². The summed E-state index contributed by atoms with van der Waals surface area (Å²) in [6.07, 6.45) is -0.330. The molecule has 0 aromatic rings. The van der Waals surface area contributed by atoms with Crippen molar-refractivity contribution in [1.29, 1.82) is 0 Å². The molecule has 0 aromatic heterocycles. The first kappa shape index (κ1) is 33.3. The molecule has 1 fully saturated rings. The predicted octanol–water partition coefficient (Wildman–Crippen LogP) is -2.82. The van der Waals surface area contributed by atoms with Crippen molar-refractivity contribution in [3.8, 4) is 0 Å². The van der Waals surface area contributed by atoms with E-state index < -0.39 is 59.1 Å². The molecular formula is C23H40N6O8S. The topological polar surface area (TPSA) is 206 Å². The number of carbonyl (C=O) groups excluding carboxylic acids is 6. The number of carbonyl (C=O) groups is 6. The SMILES string of the molecule is CCNC(=O)C(CSC1CC(=O)N(CCC(=O)NC(CCCCNC)C(=O)NCC(O)O)C1=O)NC(C)=O. The number of hydrogen-bond acceptors (Lipinski definition) is 10. The van der Waals surface area contributed by atoms with Gasteiger partial charge in [-0.1, -0.05) is 0 Å². The number of aliphatic hydroxyl groups excluding tert-OH is 1. The maximum atomic E-state index is 12.8. The first-order chi connectivity index (χ1) is 18.0. The van der Waals surface area contributed by atoms with E-state index in [2.05, 4.69) is 26.6 Å². The molecule has 1 saturated heterocycles. The number of thioether (sulfide) groups is 1. The highest BCUT2D eigenvalue weighted by molar-refractivity contribution is 8.00. The maximum Gasteiger partial charge on any atom is 0.243 e. The van der Waals surface area contributed by atoms with Crippen molar-refractivity contribution in [1.82, 2.24) is 31.5 Å². The zero-order valence-electron chi connectivity index (χ0n) is 22.1. The summed E-state index contributed by atoms with van der Waals surface area (Å²) in [5.74, 6) is -2.74. The van der Waals surface area contributed by atoms with E-state index in [4.69, 9.17) is 10.2 Å². The smallest absolute Gasteiger partial charge is 0.243 e. The van der Waals surface area contributed by atoms with E-state index in [1.807, 2.05) is 0 Å². The number of nitrogens with zero attached hydrogens (tertiary/aromatic N) is 1. The molecule has 14 nitrogen and oxygen atoms in total. The van der Waals surface area contributed by atoms with Gasteiger partial charge in [0, 0.05) is 38.6 Å². The number of unbranched alkanes of at least 4 members (excludes halogenated alkanes) is 1. The Morgan fingerprint density at radius 3 is 2.34 bits per heavy atom. The third-order valence-electron chi connectivity index (χ3n) is 5.55. The monoisotopic (exact) mass is 560 g/mol. The Kier molecular flexibility index (Phi) is 15.5. The summed E-state index contributed by atoms with van der Waals surface area (Å²) >= 11 is 1.09. The van der Waals surface area contributed by atoms with Gasteiger partial charge in [-0.3, -0.25) is 33.7 Å². The normalized spacial score (nSPS) is 16.8. The second-order valence-corrected chi connectivity index (χ2v) is 9.99. The first-order valence-electron chi connectivity index (χ1n) is 12.6. The molecule has 3 atom stereocenters. The molecular weight excluding hydrogens is 520 g/mol. The van der Waals surface area contributed by atoms with Crippen molar-refractivity contribution < 1.29 is 39.0 Å². The molecule has 7 N–H and O–H groups in total. The Balaban J connectivity index is 2.66. The molecule has 6 amide bonds. The minimum atomic E-state index is -1.73. The lowest BCUT2D eigenvalue weighted by Crippen LogP contribution is -2.49. The van der Waals surface area contributed by atoms with Gasteiger partial charge < -0.3 is 36.8 Å². The van der Waals surface area contributed by atoms with Crippen LogP contribution in [0.4, 0.5) is 0 Å². The van der Waals surface area contributed by atoms with E-state index in [0.29, 0.717) is 19.4 Å². The summed E-state index contributed by atoms with van der Waals surface area (Å²) in [4.78, 5) is 74.8. The fourth-order valence-electron chi connectivity index (χ4n) is 3.67. The van der Waals surface area contributed by atoms with Crippen LogP contribution >= 0.6 is 11.8 Å². The number of likely N-dealkylation sites (tertiary alicyclic amines) is 1. The lowest BCUT2D eigenvalue weighted by Gasteiger charge is -2.20. The van der Waals surface area contributed by atoms with E-state index in [0.717, 1.165) is 29.6 Å². The summed E-state index contributed by atoms with van der Waals surface area (Å²) in [5, 5.41) is 30.3. The molecule has 3 unspecified atom stereocenters. The molecule has 0 aliphatic carbocycles. The number of aliphatic hydroxyl groups is 2. The van der Waals surface area contributed by atoms with Crippen LogP contribution in [-0.2, 0) is 28.8 Å². The Labute approximate surface area is 226 Å². The molecule has 15 heteroatoms. The van der Waals surface area contributed by atoms with Gasteiger partial charge in [-0.2, -0.15) is 0 Å². The molecule has 0 spiro atoms. The fourth-order valence-corrected chi connectivity index (χ4v) is 4.86. The minimum Gasteiger partial charge on any atom is -0.367 e. The van der Waals surface area contributed by atoms with Gasteiger partial charge in [0.05, 0.1) is 11.8 Å². The number of hydrogen-bond donors (Lipinski definition) is 7. The van der Waals surface area contributed by atoms with E-state index in [-0.39, 0.29) is 31.7 Å². The molecule has 1 rings (SSSR count). The van der Waals surface area contributed by atoms with Crippen LogP contribution in [0.3, 0.4) is 0 Å². The van der Waals surface area contributed by atoms with Crippen molar-refractivity contribution in [3.05, 3.63) is 0 Å². The van der Waals surface area contributed by atoms with Crippen molar-refractivity contribution >= 4 is 47.2 Å². The summed E-state index contributed by atoms with van der Waals surface area (Å²) < 4.78 is 0. The van der Waals surface area contributed by atoms with Gasteiger partial charge in [0.15, 0.2) is 6.29 Å². The van der Waals surface area contributed by atoms with Crippen LogP contribution < -0.4 is 26.6 Å². The number of likely N-dealkylation sites (N-methyl/N-ethyl adjacent to an activating group) is 1. The second-order valence-electron chi connectivity index (χ2n) is 8.75. The van der Waals surface area contributed by atoms with Gasteiger partial charge >= 0.3 is 0 Å². The van der Waals surface area contributed by atoms with E-state index in [9.17, 15) is 28.8 Å². The van der Waals surface area contributed by atoms with E-state index in [1.165, 1.54) is 6.92 Å². The van der Waals surface area contributed by atoms with Crippen LogP contribution in [-0.4, -0.2) is 113 Å². The summed E-state index contributed by atoms with van der Waals surface area (Å²) in [6.45, 7) is 3.56. The molecule has 0 bridgehead atoms. The zero-order valence-corrected chi connectivity index (χ0v) is 22.9. The fraction of sp³-hybridized carbons (Fsp3) is 0.739. The zero-order chi connectivity index (χ0) is 28.7. The van der Waals surface area contributed by atoms with Crippen molar-refractivity contribution in [2.24, 2.45) is 0 Å². The van der Waals surface area contributed by atoms with Crippen LogP contribution in [0.2, 0.25) is 0 Å². The molecule has 1 heterocycles. The van der Waals surface area contributed by atoms with Crippen molar-refractivity contribution in [3.63, 3.8) is 0 Å². The number of rotatable bonds is 18. The lowest BCUT2D eigenvalue weighted by atomic mass is 10.1. The quantitative estimate of drug-likeness (QED) is 0.0520. The van der Waals surface area contributed by atoms with Crippen LogP contribution in [0.25, 0.3) is 0 Å². The predicted molar refractivity (Wildman–Crippen MR) is 139 cm³/mol. The molecule has 0 radical (unpaired) electrons. The third-order valence-corrected chi connectivity index (χ3v) is 6.85. The van der Waals surface area contributed by atoms with Gasteiger partial charge in [0.1, 0.15) is 12.1 Å². The highest BCUT2D eigenvalue weighted by Crippen LogP contribution is 2.26. The number of imide groups is 1. The minimum absolute atomic E-state index is 0.0900. The second kappa shape index (κ2) is 17.7. The highest BCUT2D eigenvalue weighted by atomic mass is 32.2. The molecule has 1 aliphatic heterocycles. The van der Waals surface area contributed by atoms with E-state index in [1.54, 1.807) is 14.0 Å². The van der Waals surface area contributed by atoms with Gasteiger partial charge in [-0.25, -0.2) is 0 Å². The molecule has 38 heavy (non-hydrogen) atoms. The average molecular weight is 561 g/mol. The van der Waals surface area contributed by atoms with Crippen molar-refractivity contribution in [2.45, 2.75) is 69.6 Å². The number of amides is 6. The molecule has 216 valence electrons. The standard InChI is InChI=1S/C23H40N6O8S/c1-4-25-22(36)16(27-14(2)30)13-38-17-11-19(32)29(23(17)37)10-8-18(31)28-15(7-5-6-9-24-3)21(35)26-12-20(33)34/h15-17,20,24,33-34H,4-13H2,1-3H3,(H,25,36)(H,26,35)(H,27,30)(H,28,31). The Morgan fingerprint density at radius 1 is 1.05 bits per heavy atom. The molecule has 0 saturated carbocycles. The summed E-state index contributed by atoms with van der Waals surface area (Å²) in [5.41, 5.74) is 0. The highest BCUT2D eigenvalue weighted by Gasteiger charge is 2.39. The van der Waals surface area contributed by atoms with Gasteiger partial charge in [0.25, 0.3) is 0 Å². The summed E-state index contributed by atoms with van der Waals surface area (Å²) in [7, 11) is 1.79. The first-order valence-corrected chi connectivity index (χ1v) is 13.6. The largest absolute Gasteiger partial charge is 0.367 e. The van der Waals surface area contributed by atoms with Crippen LogP contribution in [0.15, 0.2) is 0 Å². The Morgan fingerprint density at radius 2 is 1.74 bits per heavy atom. The van der Waals surface area contributed by atoms with Crippen LogP contribution in [0, 0.1) is 0 Å². The van der Waals surface area contributed by atoms with Gasteiger partial charge in [-0.15, -0.1) is 11.8 Å². The third kappa shape index (κ3) is 12.2. The Hall–Kier alpha value is -2.75.